The molecule has 0 spiro atoms. The van der Waals surface area contributed by atoms with Gasteiger partial charge >= 0.3 is 0 Å². The van der Waals surface area contributed by atoms with Crippen LogP contribution in [0, 0.1) is 0 Å². The van der Waals surface area contributed by atoms with Crippen molar-refractivity contribution in [2.24, 2.45) is 5.73 Å². The SMILES string of the molecule is C[C@@]1(F)CNC[C@H]1Nc1c(C(N)=O)cnn2cc(Br)cc12. The van der Waals surface area contributed by atoms with Crippen LogP contribution in [0.3, 0.4) is 0 Å². The molecular formula is C13H15BrFN5O. The largest absolute Gasteiger partial charge is 0.375 e. The van der Waals surface area contributed by atoms with Gasteiger partial charge in [0.1, 0.15) is 5.67 Å². The van der Waals surface area contributed by atoms with Crippen molar-refractivity contribution in [1.29, 1.82) is 0 Å². The summed E-state index contributed by atoms with van der Waals surface area (Å²) in [4.78, 5) is 11.6. The van der Waals surface area contributed by atoms with Gasteiger partial charge < -0.3 is 16.4 Å². The molecule has 3 heterocycles. The van der Waals surface area contributed by atoms with Crippen LogP contribution in [0.5, 0.6) is 0 Å². The fourth-order valence-electron chi connectivity index (χ4n) is 2.54. The minimum atomic E-state index is -1.40. The maximum absolute atomic E-state index is 14.4. The molecule has 0 unspecified atom stereocenters. The van der Waals surface area contributed by atoms with Crippen LogP contribution in [-0.2, 0) is 0 Å². The van der Waals surface area contributed by atoms with Gasteiger partial charge in [-0.05, 0) is 28.9 Å². The van der Waals surface area contributed by atoms with Gasteiger partial charge in [-0.2, -0.15) is 5.10 Å². The van der Waals surface area contributed by atoms with Gasteiger partial charge in [0.05, 0.1) is 29.0 Å². The molecule has 1 aliphatic heterocycles. The van der Waals surface area contributed by atoms with Crippen LogP contribution in [0.4, 0.5) is 10.1 Å². The van der Waals surface area contributed by atoms with E-state index in [1.807, 2.05) is 0 Å². The number of hydrogen-bond donors (Lipinski definition) is 3. The number of amides is 1. The van der Waals surface area contributed by atoms with Crippen molar-refractivity contribution >= 4 is 33.0 Å². The molecule has 0 aromatic carbocycles. The van der Waals surface area contributed by atoms with Gasteiger partial charge in [-0.15, -0.1) is 0 Å². The second kappa shape index (κ2) is 4.96. The van der Waals surface area contributed by atoms with Crippen LogP contribution in [0.25, 0.3) is 5.52 Å². The number of nitrogens with one attached hydrogen (secondary N) is 2. The number of fused-ring (bicyclic) bond motifs is 1. The lowest BCUT2D eigenvalue weighted by molar-refractivity contribution is 0.1000. The molecule has 3 rings (SSSR count). The van der Waals surface area contributed by atoms with E-state index in [1.54, 1.807) is 16.8 Å². The second-order valence-electron chi connectivity index (χ2n) is 5.39. The van der Waals surface area contributed by atoms with Crippen molar-refractivity contribution in [3.63, 3.8) is 0 Å². The number of carbonyl (C=O) groups is 1. The Morgan fingerprint density at radius 1 is 1.71 bits per heavy atom. The summed E-state index contributed by atoms with van der Waals surface area (Å²) in [6.07, 6.45) is 3.15. The number of carbonyl (C=O) groups excluding carboxylic acids is 1. The zero-order chi connectivity index (χ0) is 15.2. The topological polar surface area (TPSA) is 84.5 Å². The lowest BCUT2D eigenvalue weighted by Gasteiger charge is -2.25. The van der Waals surface area contributed by atoms with E-state index in [1.165, 1.54) is 13.1 Å². The molecule has 1 fully saturated rings. The molecule has 2 aromatic heterocycles. The summed E-state index contributed by atoms with van der Waals surface area (Å²) in [6, 6.07) is 1.36. The predicted octanol–water partition coefficient (Wildman–Crippen LogP) is 1.31. The van der Waals surface area contributed by atoms with E-state index < -0.39 is 17.6 Å². The quantitative estimate of drug-likeness (QED) is 0.774. The first-order chi connectivity index (χ1) is 9.88. The standard InChI is InChI=1S/C13H15BrFN5O/c1-13(15)6-17-4-10(13)19-11-8(12(16)21)3-18-20-5-7(14)2-9(11)20/h2-3,5,10,17,19H,4,6H2,1H3,(H2,16,21)/t10-,13-/m1/s1. The molecule has 8 heteroatoms. The number of rotatable bonds is 3. The molecule has 21 heavy (non-hydrogen) atoms. The number of aromatic nitrogens is 2. The number of alkyl halides is 1. The summed E-state index contributed by atoms with van der Waals surface area (Å²) in [5.41, 5.74) is 5.42. The van der Waals surface area contributed by atoms with Gasteiger partial charge in [0.25, 0.3) is 5.91 Å². The van der Waals surface area contributed by atoms with E-state index in [9.17, 15) is 9.18 Å². The van der Waals surface area contributed by atoms with Crippen LogP contribution in [-0.4, -0.2) is 40.3 Å². The van der Waals surface area contributed by atoms with E-state index in [4.69, 9.17) is 5.73 Å². The Labute approximate surface area is 129 Å². The third kappa shape index (κ3) is 2.49. The Balaban J connectivity index is 2.10. The first kappa shape index (κ1) is 14.3. The van der Waals surface area contributed by atoms with Crippen molar-refractivity contribution in [2.75, 3.05) is 18.4 Å². The monoisotopic (exact) mass is 355 g/mol. The average molecular weight is 356 g/mol. The summed E-state index contributed by atoms with van der Waals surface area (Å²) in [5, 5.41) is 10.2. The molecule has 2 atom stereocenters. The smallest absolute Gasteiger partial charge is 0.252 e. The van der Waals surface area contributed by atoms with E-state index in [0.717, 1.165) is 4.47 Å². The minimum Gasteiger partial charge on any atom is -0.375 e. The molecule has 112 valence electrons. The third-order valence-corrected chi connectivity index (χ3v) is 4.17. The molecule has 1 saturated heterocycles. The van der Waals surface area contributed by atoms with Crippen molar-refractivity contribution in [3.8, 4) is 0 Å². The van der Waals surface area contributed by atoms with Gasteiger partial charge in [-0.1, -0.05) is 0 Å². The Kier molecular flexibility index (Phi) is 3.37. The molecule has 1 aliphatic rings. The summed E-state index contributed by atoms with van der Waals surface area (Å²) in [5.74, 6) is -0.601. The number of nitrogens with two attached hydrogens (primary N) is 1. The highest BCUT2D eigenvalue weighted by Gasteiger charge is 2.39. The molecule has 2 aromatic rings. The first-order valence-electron chi connectivity index (χ1n) is 6.51. The van der Waals surface area contributed by atoms with Gasteiger partial charge in [-0.3, -0.25) is 4.79 Å². The maximum Gasteiger partial charge on any atom is 0.252 e. The summed E-state index contributed by atoms with van der Waals surface area (Å²) >= 11 is 3.36. The highest BCUT2D eigenvalue weighted by atomic mass is 79.9. The van der Waals surface area contributed by atoms with E-state index in [2.05, 4.69) is 31.7 Å². The van der Waals surface area contributed by atoms with E-state index in [-0.39, 0.29) is 12.1 Å². The Bertz CT molecular complexity index is 714. The van der Waals surface area contributed by atoms with Crippen LogP contribution in [0.1, 0.15) is 17.3 Å². The zero-order valence-corrected chi connectivity index (χ0v) is 12.9. The fourth-order valence-corrected chi connectivity index (χ4v) is 2.95. The van der Waals surface area contributed by atoms with Gasteiger partial charge in [0, 0.05) is 23.8 Å². The molecule has 0 saturated carbocycles. The predicted molar refractivity (Wildman–Crippen MR) is 81.2 cm³/mol. The molecule has 1 amide bonds. The van der Waals surface area contributed by atoms with Crippen LogP contribution in [0.2, 0.25) is 0 Å². The zero-order valence-electron chi connectivity index (χ0n) is 11.4. The summed E-state index contributed by atoms with van der Waals surface area (Å²) in [7, 11) is 0. The van der Waals surface area contributed by atoms with Gasteiger partial charge in [-0.25, -0.2) is 8.91 Å². The molecule has 0 aliphatic carbocycles. The number of hydrogen-bond acceptors (Lipinski definition) is 4. The lowest BCUT2D eigenvalue weighted by Crippen LogP contribution is -2.40. The summed E-state index contributed by atoms with van der Waals surface area (Å²) in [6.45, 7) is 2.27. The molecular weight excluding hydrogens is 341 g/mol. The Morgan fingerprint density at radius 3 is 3.10 bits per heavy atom. The third-order valence-electron chi connectivity index (χ3n) is 3.73. The number of anilines is 1. The van der Waals surface area contributed by atoms with Gasteiger partial charge in [0.15, 0.2) is 0 Å². The highest BCUT2D eigenvalue weighted by Crippen LogP contribution is 2.29. The van der Waals surface area contributed by atoms with Crippen molar-refractivity contribution in [2.45, 2.75) is 18.6 Å². The van der Waals surface area contributed by atoms with Crippen molar-refractivity contribution in [3.05, 3.63) is 28.5 Å². The maximum atomic E-state index is 14.4. The van der Waals surface area contributed by atoms with Gasteiger partial charge in [0.2, 0.25) is 0 Å². The Hall–Kier alpha value is -1.67. The fraction of sp³-hybridized carbons (Fsp3) is 0.385. The molecule has 0 bridgehead atoms. The summed E-state index contributed by atoms with van der Waals surface area (Å²) < 4.78 is 16.8. The first-order valence-corrected chi connectivity index (χ1v) is 7.30. The molecule has 6 nitrogen and oxygen atoms in total. The molecule has 4 N–H and O–H groups in total. The average Bonchev–Trinajstić information content (AvgIpc) is 2.92. The van der Waals surface area contributed by atoms with E-state index >= 15 is 0 Å². The highest BCUT2D eigenvalue weighted by molar-refractivity contribution is 9.10. The number of halogens is 2. The number of primary amides is 1. The van der Waals surface area contributed by atoms with Crippen LogP contribution in [0.15, 0.2) is 22.9 Å². The number of nitrogens with zero attached hydrogens (tertiary/aromatic N) is 2. The lowest BCUT2D eigenvalue weighted by atomic mass is 10.0. The second-order valence-corrected chi connectivity index (χ2v) is 6.31. The normalized spacial score (nSPS) is 25.4. The Morgan fingerprint density at radius 2 is 2.48 bits per heavy atom. The van der Waals surface area contributed by atoms with E-state index in [0.29, 0.717) is 17.7 Å². The minimum absolute atomic E-state index is 0.246. The van der Waals surface area contributed by atoms with Crippen molar-refractivity contribution in [1.82, 2.24) is 14.9 Å². The molecule has 0 radical (unpaired) electrons. The van der Waals surface area contributed by atoms with Crippen LogP contribution >= 0.6 is 15.9 Å². The van der Waals surface area contributed by atoms with Crippen LogP contribution < -0.4 is 16.4 Å². The van der Waals surface area contributed by atoms with Crippen molar-refractivity contribution < 1.29 is 9.18 Å².